The molecule has 0 saturated carbocycles. The number of rotatable bonds is 2. The highest BCUT2D eigenvalue weighted by Crippen LogP contribution is 2.39. The summed E-state index contributed by atoms with van der Waals surface area (Å²) in [5.74, 6) is 0. The van der Waals surface area contributed by atoms with E-state index in [4.69, 9.17) is 34.8 Å². The molecule has 0 fully saturated rings. The summed E-state index contributed by atoms with van der Waals surface area (Å²) in [6.45, 7) is 0. The zero-order valence-corrected chi connectivity index (χ0v) is 14.2. The molecular weight excluding hydrogens is 398 g/mol. The van der Waals surface area contributed by atoms with Crippen molar-refractivity contribution in [1.29, 1.82) is 0 Å². The van der Waals surface area contributed by atoms with E-state index in [1.807, 2.05) is 12.1 Å². The molecule has 0 aliphatic rings. The van der Waals surface area contributed by atoms with Gasteiger partial charge >= 0.3 is 5.69 Å². The molecule has 3 rings (SSSR count). The van der Waals surface area contributed by atoms with Crippen LogP contribution in [0.5, 0.6) is 0 Å². The van der Waals surface area contributed by atoms with E-state index in [0.29, 0.717) is 21.1 Å². The lowest BCUT2D eigenvalue weighted by Gasteiger charge is -2.14. The van der Waals surface area contributed by atoms with Crippen LogP contribution >= 0.6 is 50.7 Å². The lowest BCUT2D eigenvalue weighted by atomic mass is 10.0. The van der Waals surface area contributed by atoms with E-state index in [1.165, 1.54) is 0 Å². The Labute approximate surface area is 143 Å². The summed E-state index contributed by atoms with van der Waals surface area (Å²) in [6.07, 6.45) is 0. The molecule has 0 amide bonds. The van der Waals surface area contributed by atoms with Crippen molar-refractivity contribution in [1.82, 2.24) is 9.97 Å². The van der Waals surface area contributed by atoms with Gasteiger partial charge in [-0.3, -0.25) is 0 Å². The fourth-order valence-corrected chi connectivity index (χ4v) is 3.79. The molecule has 3 aromatic rings. The molecule has 2 N–H and O–H groups in total. The number of imidazole rings is 1. The Morgan fingerprint density at radius 2 is 1.67 bits per heavy atom. The molecule has 7 heteroatoms. The molecule has 1 aromatic heterocycles. The van der Waals surface area contributed by atoms with Gasteiger partial charge in [0.1, 0.15) is 0 Å². The summed E-state index contributed by atoms with van der Waals surface area (Å²) in [7, 11) is 0. The van der Waals surface area contributed by atoms with E-state index in [-0.39, 0.29) is 5.69 Å². The first kappa shape index (κ1) is 15.0. The summed E-state index contributed by atoms with van der Waals surface area (Å²) >= 11 is 22.1. The number of hydrogen-bond acceptors (Lipinski definition) is 1. The van der Waals surface area contributed by atoms with E-state index in [0.717, 1.165) is 15.6 Å². The van der Waals surface area contributed by atoms with E-state index < -0.39 is 5.38 Å². The van der Waals surface area contributed by atoms with Crippen molar-refractivity contribution in [3.8, 4) is 0 Å². The molecule has 21 heavy (non-hydrogen) atoms. The molecule has 0 aliphatic heterocycles. The second-order valence-electron chi connectivity index (χ2n) is 4.53. The fourth-order valence-electron chi connectivity index (χ4n) is 2.14. The zero-order chi connectivity index (χ0) is 15.1. The van der Waals surface area contributed by atoms with Crippen LogP contribution in [0.1, 0.15) is 16.5 Å². The van der Waals surface area contributed by atoms with Gasteiger partial charge < -0.3 is 9.97 Å². The molecule has 0 radical (unpaired) electrons. The minimum absolute atomic E-state index is 0.260. The molecule has 1 unspecified atom stereocenters. The Balaban J connectivity index is 2.14. The molecule has 1 heterocycles. The van der Waals surface area contributed by atoms with Gasteiger partial charge in [0.15, 0.2) is 0 Å². The Morgan fingerprint density at radius 1 is 1.00 bits per heavy atom. The molecular formula is C14H8BrCl3N2O. The van der Waals surface area contributed by atoms with E-state index in [9.17, 15) is 4.79 Å². The van der Waals surface area contributed by atoms with Crippen LogP contribution in [0.2, 0.25) is 10.0 Å². The molecule has 2 aromatic carbocycles. The Morgan fingerprint density at radius 3 is 2.33 bits per heavy atom. The van der Waals surface area contributed by atoms with Gasteiger partial charge in [-0.2, -0.15) is 0 Å². The van der Waals surface area contributed by atoms with Gasteiger partial charge in [-0.15, -0.1) is 11.6 Å². The maximum atomic E-state index is 11.3. The third-order valence-electron chi connectivity index (χ3n) is 3.14. The predicted octanol–water partition coefficient (Wildman–Crippen LogP) is 5.25. The van der Waals surface area contributed by atoms with Crippen molar-refractivity contribution in [3.63, 3.8) is 0 Å². The van der Waals surface area contributed by atoms with Crippen LogP contribution < -0.4 is 5.69 Å². The maximum Gasteiger partial charge on any atom is 0.323 e. The van der Waals surface area contributed by atoms with Crippen molar-refractivity contribution in [3.05, 3.63) is 66.5 Å². The molecule has 3 nitrogen and oxygen atoms in total. The fraction of sp³-hybridized carbons (Fsp3) is 0.0714. The highest BCUT2D eigenvalue weighted by molar-refractivity contribution is 9.10. The molecule has 0 aliphatic carbocycles. The van der Waals surface area contributed by atoms with Crippen LogP contribution in [0.15, 0.2) is 39.6 Å². The second-order valence-corrected chi connectivity index (χ2v) is 6.66. The largest absolute Gasteiger partial charge is 0.323 e. The van der Waals surface area contributed by atoms with Gasteiger partial charge in [0.05, 0.1) is 16.4 Å². The SMILES string of the molecule is O=c1[nH]c2cc(Br)c(C(Cl)c3ccc(Cl)cc3Cl)cc2[nH]1. The molecule has 0 bridgehead atoms. The van der Waals surface area contributed by atoms with Crippen LogP contribution in [0.3, 0.4) is 0 Å². The standard InChI is InChI=1S/C14H8BrCl3N2O/c15-9-5-12-11(19-14(21)20-12)4-8(9)13(18)7-2-1-6(16)3-10(7)17/h1-5,13H,(H2,19,20,21). The average Bonchev–Trinajstić information content (AvgIpc) is 2.76. The number of aromatic amines is 2. The van der Waals surface area contributed by atoms with Gasteiger partial charge in [0.2, 0.25) is 0 Å². The summed E-state index contributed by atoms with van der Waals surface area (Å²) < 4.78 is 0.788. The monoisotopic (exact) mass is 404 g/mol. The van der Waals surface area contributed by atoms with Crippen molar-refractivity contribution < 1.29 is 0 Å². The summed E-state index contributed by atoms with van der Waals surface area (Å²) in [5, 5.41) is 0.584. The van der Waals surface area contributed by atoms with E-state index >= 15 is 0 Å². The first-order valence-electron chi connectivity index (χ1n) is 5.96. The van der Waals surface area contributed by atoms with Crippen molar-refractivity contribution >= 4 is 61.8 Å². The van der Waals surface area contributed by atoms with Gasteiger partial charge in [-0.05, 0) is 35.4 Å². The van der Waals surface area contributed by atoms with Gasteiger partial charge in [0.25, 0.3) is 0 Å². The predicted molar refractivity (Wildman–Crippen MR) is 90.8 cm³/mol. The number of fused-ring (bicyclic) bond motifs is 1. The number of halogens is 4. The summed E-state index contributed by atoms with van der Waals surface area (Å²) in [5.41, 5.74) is 2.70. The highest BCUT2D eigenvalue weighted by atomic mass is 79.9. The van der Waals surface area contributed by atoms with E-state index in [2.05, 4.69) is 25.9 Å². The van der Waals surface area contributed by atoms with Gasteiger partial charge in [-0.1, -0.05) is 45.2 Å². The summed E-state index contributed by atoms with van der Waals surface area (Å²) in [4.78, 5) is 16.8. The lowest BCUT2D eigenvalue weighted by molar-refractivity contribution is 1.13. The third kappa shape index (κ3) is 2.86. The Hall–Kier alpha value is -0.940. The second kappa shape index (κ2) is 5.69. The van der Waals surface area contributed by atoms with Crippen molar-refractivity contribution in [2.45, 2.75) is 5.38 Å². The minimum atomic E-state index is -0.466. The smallest absolute Gasteiger partial charge is 0.306 e. The third-order valence-corrected chi connectivity index (χ3v) is 4.86. The topological polar surface area (TPSA) is 48.6 Å². The minimum Gasteiger partial charge on any atom is -0.306 e. The number of alkyl halides is 1. The highest BCUT2D eigenvalue weighted by Gasteiger charge is 2.18. The Bertz CT molecular complexity index is 888. The zero-order valence-electron chi connectivity index (χ0n) is 10.4. The average molecular weight is 406 g/mol. The van der Waals surface area contributed by atoms with Crippen LogP contribution in [0.4, 0.5) is 0 Å². The number of H-pyrrole nitrogens is 2. The molecule has 0 spiro atoms. The normalized spacial score (nSPS) is 12.8. The van der Waals surface area contributed by atoms with Crippen molar-refractivity contribution in [2.24, 2.45) is 0 Å². The number of benzene rings is 2. The quantitative estimate of drug-likeness (QED) is 0.561. The lowest BCUT2D eigenvalue weighted by Crippen LogP contribution is -1.99. The molecule has 108 valence electrons. The van der Waals surface area contributed by atoms with Crippen LogP contribution in [-0.4, -0.2) is 9.97 Å². The van der Waals surface area contributed by atoms with Crippen molar-refractivity contribution in [2.75, 3.05) is 0 Å². The van der Waals surface area contributed by atoms with Crippen LogP contribution in [0.25, 0.3) is 11.0 Å². The number of hydrogen-bond donors (Lipinski definition) is 2. The van der Waals surface area contributed by atoms with Crippen LogP contribution in [0, 0.1) is 0 Å². The number of nitrogens with one attached hydrogen (secondary N) is 2. The first-order chi connectivity index (χ1) is 9.95. The Kier molecular flexibility index (Phi) is 4.06. The molecule has 0 saturated heterocycles. The number of aromatic nitrogens is 2. The first-order valence-corrected chi connectivity index (χ1v) is 7.94. The van der Waals surface area contributed by atoms with Crippen LogP contribution in [-0.2, 0) is 0 Å². The van der Waals surface area contributed by atoms with Gasteiger partial charge in [-0.25, -0.2) is 4.79 Å². The van der Waals surface area contributed by atoms with E-state index in [1.54, 1.807) is 18.2 Å². The maximum absolute atomic E-state index is 11.3. The van der Waals surface area contributed by atoms with Gasteiger partial charge in [0, 0.05) is 14.5 Å². The summed E-state index contributed by atoms with van der Waals surface area (Å²) in [6, 6.07) is 8.81. The molecule has 1 atom stereocenters.